The highest BCUT2D eigenvalue weighted by Gasteiger charge is 2.16. The third kappa shape index (κ3) is 4.11. The quantitative estimate of drug-likeness (QED) is 0.520. The number of hydrogen-bond acceptors (Lipinski definition) is 5. The second-order valence-electron chi connectivity index (χ2n) is 6.18. The van der Waals surface area contributed by atoms with Crippen molar-refractivity contribution in [3.8, 4) is 10.6 Å². The van der Waals surface area contributed by atoms with Gasteiger partial charge in [0.2, 0.25) is 0 Å². The predicted octanol–water partition coefficient (Wildman–Crippen LogP) is 4.66. The van der Waals surface area contributed by atoms with Crippen LogP contribution in [0.4, 0.5) is 5.69 Å². The molecule has 8 heteroatoms. The van der Waals surface area contributed by atoms with Crippen molar-refractivity contribution in [2.45, 2.75) is 13.5 Å². The number of halogens is 1. The Kier molecular flexibility index (Phi) is 5.18. The highest BCUT2D eigenvalue weighted by atomic mass is 35.5. The molecule has 1 N–H and O–H groups in total. The monoisotopic (exact) mass is 409 g/mol. The molecular weight excluding hydrogens is 394 g/mol. The van der Waals surface area contributed by atoms with Gasteiger partial charge in [-0.3, -0.25) is 4.79 Å². The fraction of sp³-hybridized carbons (Fsp3) is 0.100. The molecule has 28 heavy (non-hydrogen) atoms. The maximum Gasteiger partial charge on any atom is 0.267 e. The van der Waals surface area contributed by atoms with Gasteiger partial charge in [-0.15, -0.1) is 11.3 Å². The number of carbonyl (C=O) groups excluding carboxylic acids is 1. The molecule has 0 saturated heterocycles. The molecule has 4 rings (SSSR count). The standard InChI is InChI=1S/C20H16ClN5OS/c1-13-18(28-20(24-13)15-4-6-16(21)7-5-15)19(27)25-17-8-2-14(3-9-17)10-26-12-22-11-23-26/h2-9,11-12H,10H2,1H3,(H,25,27). The average Bonchev–Trinajstić information content (AvgIpc) is 3.33. The van der Waals surface area contributed by atoms with Gasteiger partial charge in [-0.25, -0.2) is 14.6 Å². The van der Waals surface area contributed by atoms with Crippen LogP contribution in [-0.4, -0.2) is 25.7 Å². The molecule has 0 aliphatic rings. The minimum absolute atomic E-state index is 0.167. The van der Waals surface area contributed by atoms with Crippen LogP contribution in [0, 0.1) is 6.92 Å². The second kappa shape index (κ2) is 7.92. The number of hydrogen-bond donors (Lipinski definition) is 1. The van der Waals surface area contributed by atoms with Crippen LogP contribution >= 0.6 is 22.9 Å². The summed E-state index contributed by atoms with van der Waals surface area (Å²) in [4.78, 5) is 21.7. The third-order valence-electron chi connectivity index (χ3n) is 4.12. The van der Waals surface area contributed by atoms with Crippen molar-refractivity contribution in [3.05, 3.63) is 82.3 Å². The maximum atomic E-state index is 12.7. The predicted molar refractivity (Wildman–Crippen MR) is 111 cm³/mol. The highest BCUT2D eigenvalue weighted by Crippen LogP contribution is 2.29. The van der Waals surface area contributed by atoms with Gasteiger partial charge in [0.1, 0.15) is 22.5 Å². The summed E-state index contributed by atoms with van der Waals surface area (Å²) >= 11 is 7.30. The Morgan fingerprint density at radius 1 is 1.14 bits per heavy atom. The normalized spacial score (nSPS) is 10.8. The Hall–Kier alpha value is -3.03. The number of benzene rings is 2. The minimum atomic E-state index is -0.167. The molecule has 1 amide bonds. The molecular formula is C20H16ClN5OS. The van der Waals surface area contributed by atoms with Gasteiger partial charge in [-0.2, -0.15) is 5.10 Å². The number of nitrogens with one attached hydrogen (secondary N) is 1. The average molecular weight is 410 g/mol. The van der Waals surface area contributed by atoms with Crippen molar-refractivity contribution in [1.82, 2.24) is 19.7 Å². The molecule has 0 fully saturated rings. The van der Waals surface area contributed by atoms with Gasteiger partial charge in [0.25, 0.3) is 5.91 Å². The summed E-state index contributed by atoms with van der Waals surface area (Å²) in [5.74, 6) is -0.167. The fourth-order valence-corrected chi connectivity index (χ4v) is 3.80. The number of aromatic nitrogens is 4. The van der Waals surface area contributed by atoms with Gasteiger partial charge in [-0.05, 0) is 36.8 Å². The summed E-state index contributed by atoms with van der Waals surface area (Å²) in [6, 6.07) is 15.1. The largest absolute Gasteiger partial charge is 0.321 e. The van der Waals surface area contributed by atoms with Crippen molar-refractivity contribution in [2.75, 3.05) is 5.32 Å². The first kappa shape index (κ1) is 18.3. The van der Waals surface area contributed by atoms with Gasteiger partial charge in [0.05, 0.1) is 12.2 Å². The number of rotatable bonds is 5. The zero-order chi connectivity index (χ0) is 19.5. The van der Waals surface area contributed by atoms with Gasteiger partial charge < -0.3 is 5.32 Å². The number of thiazole rings is 1. The topological polar surface area (TPSA) is 72.7 Å². The number of amides is 1. The lowest BCUT2D eigenvalue weighted by Crippen LogP contribution is -2.11. The molecule has 0 saturated carbocycles. The van der Waals surface area contributed by atoms with E-state index in [4.69, 9.17) is 11.6 Å². The molecule has 0 atom stereocenters. The van der Waals surface area contributed by atoms with Gasteiger partial charge >= 0.3 is 0 Å². The summed E-state index contributed by atoms with van der Waals surface area (Å²) in [7, 11) is 0. The number of aryl methyl sites for hydroxylation is 1. The van der Waals surface area contributed by atoms with E-state index in [-0.39, 0.29) is 5.91 Å². The summed E-state index contributed by atoms with van der Waals surface area (Å²) in [5, 5.41) is 8.48. The molecule has 0 aliphatic heterocycles. The van der Waals surface area contributed by atoms with E-state index in [1.807, 2.05) is 55.5 Å². The van der Waals surface area contributed by atoms with Crippen LogP contribution in [0.25, 0.3) is 10.6 Å². The van der Waals surface area contributed by atoms with Crippen LogP contribution in [0.3, 0.4) is 0 Å². The Balaban J connectivity index is 1.47. The molecule has 2 heterocycles. The lowest BCUT2D eigenvalue weighted by Gasteiger charge is -2.06. The van der Waals surface area contributed by atoms with E-state index in [0.29, 0.717) is 22.1 Å². The van der Waals surface area contributed by atoms with Crippen LogP contribution in [0.2, 0.25) is 5.02 Å². The van der Waals surface area contributed by atoms with Gasteiger partial charge in [-0.1, -0.05) is 35.9 Å². The lowest BCUT2D eigenvalue weighted by atomic mass is 10.2. The van der Waals surface area contributed by atoms with E-state index in [9.17, 15) is 4.79 Å². The van der Waals surface area contributed by atoms with E-state index in [0.717, 1.165) is 21.8 Å². The Labute approximate surface area is 170 Å². The van der Waals surface area contributed by atoms with Gasteiger partial charge in [0.15, 0.2) is 0 Å². The van der Waals surface area contributed by atoms with E-state index in [1.54, 1.807) is 11.0 Å². The Morgan fingerprint density at radius 3 is 2.57 bits per heavy atom. The molecule has 0 radical (unpaired) electrons. The first-order chi connectivity index (χ1) is 13.6. The zero-order valence-electron chi connectivity index (χ0n) is 15.0. The van der Waals surface area contributed by atoms with E-state index in [2.05, 4.69) is 20.4 Å². The zero-order valence-corrected chi connectivity index (χ0v) is 16.5. The van der Waals surface area contributed by atoms with Crippen molar-refractivity contribution in [2.24, 2.45) is 0 Å². The SMILES string of the molecule is Cc1nc(-c2ccc(Cl)cc2)sc1C(=O)Nc1ccc(Cn2cncn2)cc1. The van der Waals surface area contributed by atoms with E-state index < -0.39 is 0 Å². The summed E-state index contributed by atoms with van der Waals surface area (Å²) in [5.41, 5.74) is 3.44. The van der Waals surface area contributed by atoms with Crippen molar-refractivity contribution in [3.63, 3.8) is 0 Å². The number of anilines is 1. The smallest absolute Gasteiger partial charge is 0.267 e. The fourth-order valence-electron chi connectivity index (χ4n) is 2.71. The third-order valence-corrected chi connectivity index (χ3v) is 5.57. The summed E-state index contributed by atoms with van der Waals surface area (Å²) in [6.07, 6.45) is 3.17. The molecule has 0 unspecified atom stereocenters. The van der Waals surface area contributed by atoms with Crippen LogP contribution in [0.5, 0.6) is 0 Å². The molecule has 140 valence electrons. The van der Waals surface area contributed by atoms with Crippen molar-refractivity contribution in [1.29, 1.82) is 0 Å². The van der Waals surface area contributed by atoms with Crippen LogP contribution < -0.4 is 5.32 Å². The first-order valence-electron chi connectivity index (χ1n) is 8.54. The Bertz CT molecular complexity index is 1090. The molecule has 0 bridgehead atoms. The van der Waals surface area contributed by atoms with Crippen LogP contribution in [0.15, 0.2) is 61.2 Å². The summed E-state index contributed by atoms with van der Waals surface area (Å²) in [6.45, 7) is 2.47. The molecule has 4 aromatic rings. The summed E-state index contributed by atoms with van der Waals surface area (Å²) < 4.78 is 1.74. The molecule has 2 aromatic heterocycles. The van der Waals surface area contributed by atoms with E-state index >= 15 is 0 Å². The Morgan fingerprint density at radius 2 is 1.89 bits per heavy atom. The van der Waals surface area contributed by atoms with Crippen molar-refractivity contribution < 1.29 is 4.79 Å². The minimum Gasteiger partial charge on any atom is -0.321 e. The molecule has 0 aliphatic carbocycles. The van der Waals surface area contributed by atoms with Gasteiger partial charge in [0, 0.05) is 16.3 Å². The first-order valence-corrected chi connectivity index (χ1v) is 9.74. The van der Waals surface area contributed by atoms with E-state index in [1.165, 1.54) is 17.7 Å². The molecule has 6 nitrogen and oxygen atoms in total. The number of nitrogens with zero attached hydrogens (tertiary/aromatic N) is 4. The number of carbonyl (C=O) groups is 1. The maximum absolute atomic E-state index is 12.7. The molecule has 0 spiro atoms. The second-order valence-corrected chi connectivity index (χ2v) is 7.62. The van der Waals surface area contributed by atoms with Crippen LogP contribution in [-0.2, 0) is 6.54 Å². The lowest BCUT2D eigenvalue weighted by molar-refractivity contribution is 0.103. The molecule has 2 aromatic carbocycles. The van der Waals surface area contributed by atoms with Crippen LogP contribution in [0.1, 0.15) is 20.9 Å². The van der Waals surface area contributed by atoms with Crippen molar-refractivity contribution >= 4 is 34.5 Å². The highest BCUT2D eigenvalue weighted by molar-refractivity contribution is 7.17.